The highest BCUT2D eigenvalue weighted by Crippen LogP contribution is 2.31. The van der Waals surface area contributed by atoms with E-state index >= 15 is 0 Å². The lowest BCUT2D eigenvalue weighted by Gasteiger charge is -2.33. The molecule has 1 saturated carbocycles. The van der Waals surface area contributed by atoms with E-state index in [0.29, 0.717) is 0 Å². The van der Waals surface area contributed by atoms with Crippen LogP contribution in [-0.4, -0.2) is 25.1 Å². The molecular weight excluding hydrogens is 242 g/mol. The average Bonchev–Trinajstić information content (AvgIpc) is 2.37. The van der Waals surface area contributed by atoms with Crippen molar-refractivity contribution in [1.29, 1.82) is 0 Å². The first kappa shape index (κ1) is 13.6. The molecule has 1 aliphatic carbocycles. The first-order valence-electron chi connectivity index (χ1n) is 6.86. The van der Waals surface area contributed by atoms with Crippen molar-refractivity contribution in [2.75, 3.05) is 30.4 Å². The zero-order chi connectivity index (χ0) is 13.8. The van der Waals surface area contributed by atoms with Crippen LogP contribution in [-0.2, 0) is 0 Å². The Kier molecular flexibility index (Phi) is 4.24. The molecule has 2 rings (SSSR count). The molecule has 0 aliphatic heterocycles. The highest BCUT2D eigenvalue weighted by molar-refractivity contribution is 5.64. The van der Waals surface area contributed by atoms with Gasteiger partial charge in [-0.25, -0.2) is 0 Å². The van der Waals surface area contributed by atoms with E-state index in [1.54, 1.807) is 19.2 Å². The molecule has 104 valence electrons. The minimum absolute atomic E-state index is 0.147. The van der Waals surface area contributed by atoms with Gasteiger partial charge in [-0.15, -0.1) is 0 Å². The van der Waals surface area contributed by atoms with Crippen molar-refractivity contribution >= 4 is 17.1 Å². The topological polar surface area (TPSA) is 58.4 Å². The molecular formula is C14H21N3O2. The number of benzene rings is 1. The smallest absolute Gasteiger partial charge is 0.273 e. The van der Waals surface area contributed by atoms with Gasteiger partial charge in [-0.1, -0.05) is 6.42 Å². The summed E-state index contributed by atoms with van der Waals surface area (Å²) in [5.74, 6) is 0.747. The van der Waals surface area contributed by atoms with Gasteiger partial charge in [0.05, 0.1) is 4.92 Å². The van der Waals surface area contributed by atoms with Gasteiger partial charge in [0.25, 0.3) is 5.69 Å². The molecule has 5 nitrogen and oxygen atoms in total. The molecule has 0 aromatic heterocycles. The monoisotopic (exact) mass is 263 g/mol. The van der Waals surface area contributed by atoms with E-state index in [4.69, 9.17) is 0 Å². The third-order valence-electron chi connectivity index (χ3n) is 3.85. The Balaban J connectivity index is 2.24. The lowest BCUT2D eigenvalue weighted by atomic mass is 9.85. The molecule has 0 heterocycles. The first-order valence-corrected chi connectivity index (χ1v) is 6.86. The first-order chi connectivity index (χ1) is 9.13. The van der Waals surface area contributed by atoms with E-state index in [-0.39, 0.29) is 10.6 Å². The molecule has 0 radical (unpaired) electrons. The number of nitrogens with one attached hydrogen (secondary N) is 1. The van der Waals surface area contributed by atoms with Crippen molar-refractivity contribution in [2.45, 2.75) is 26.2 Å². The maximum absolute atomic E-state index is 11.0. The summed E-state index contributed by atoms with van der Waals surface area (Å²) in [6.45, 7) is 3.97. The largest absolute Gasteiger partial charge is 0.388 e. The van der Waals surface area contributed by atoms with Crippen LogP contribution in [0.5, 0.6) is 0 Å². The van der Waals surface area contributed by atoms with E-state index in [9.17, 15) is 10.1 Å². The molecule has 0 spiro atoms. The predicted molar refractivity (Wildman–Crippen MR) is 77.9 cm³/mol. The molecule has 1 aromatic carbocycles. The number of hydrogen-bond donors (Lipinski definition) is 1. The zero-order valence-electron chi connectivity index (χ0n) is 11.6. The van der Waals surface area contributed by atoms with Crippen LogP contribution in [0, 0.1) is 16.0 Å². The molecule has 1 aliphatic rings. The second-order valence-corrected chi connectivity index (χ2v) is 5.08. The minimum Gasteiger partial charge on any atom is -0.388 e. The van der Waals surface area contributed by atoms with Gasteiger partial charge in [-0.2, -0.15) is 0 Å². The van der Waals surface area contributed by atoms with Gasteiger partial charge in [0.2, 0.25) is 0 Å². The summed E-state index contributed by atoms with van der Waals surface area (Å²) in [5.41, 5.74) is 1.87. The molecule has 0 unspecified atom stereocenters. The SMILES string of the molecule is CCN(CC1CCC1)c1cc(NC)cc([N+](=O)[O-])c1. The molecule has 0 atom stereocenters. The number of nitro benzene ring substituents is 1. The Morgan fingerprint density at radius 2 is 2.16 bits per heavy atom. The third kappa shape index (κ3) is 3.16. The number of rotatable bonds is 6. The fourth-order valence-electron chi connectivity index (χ4n) is 2.43. The van der Waals surface area contributed by atoms with E-state index < -0.39 is 0 Å². The quantitative estimate of drug-likeness (QED) is 0.632. The van der Waals surface area contributed by atoms with Gasteiger partial charge in [0.15, 0.2) is 0 Å². The van der Waals surface area contributed by atoms with Crippen LogP contribution in [0.15, 0.2) is 18.2 Å². The summed E-state index contributed by atoms with van der Waals surface area (Å²) in [6, 6.07) is 5.22. The summed E-state index contributed by atoms with van der Waals surface area (Å²) in [7, 11) is 1.78. The summed E-state index contributed by atoms with van der Waals surface area (Å²) < 4.78 is 0. The Hall–Kier alpha value is -1.78. The molecule has 19 heavy (non-hydrogen) atoms. The zero-order valence-corrected chi connectivity index (χ0v) is 11.6. The molecule has 1 aromatic rings. The van der Waals surface area contributed by atoms with E-state index in [2.05, 4.69) is 17.1 Å². The van der Waals surface area contributed by atoms with Crippen LogP contribution in [0.25, 0.3) is 0 Å². The van der Waals surface area contributed by atoms with Crippen LogP contribution in [0.4, 0.5) is 17.1 Å². The Labute approximate surface area is 113 Å². The summed E-state index contributed by atoms with van der Waals surface area (Å²) in [6.07, 6.45) is 3.88. The molecule has 1 N–H and O–H groups in total. The standard InChI is InChI=1S/C14H21N3O2/c1-3-16(10-11-5-4-6-11)13-7-12(15-2)8-14(9-13)17(18)19/h7-9,11,15H,3-6,10H2,1-2H3. The molecule has 1 fully saturated rings. The second-order valence-electron chi connectivity index (χ2n) is 5.08. The number of non-ortho nitro benzene ring substituents is 1. The minimum atomic E-state index is -0.332. The van der Waals surface area contributed by atoms with Crippen molar-refractivity contribution in [1.82, 2.24) is 0 Å². The van der Waals surface area contributed by atoms with Gasteiger partial charge < -0.3 is 10.2 Å². The van der Waals surface area contributed by atoms with Crippen LogP contribution in [0.3, 0.4) is 0 Å². The molecule has 0 saturated heterocycles. The highest BCUT2D eigenvalue weighted by atomic mass is 16.6. The maximum Gasteiger partial charge on any atom is 0.273 e. The maximum atomic E-state index is 11.0. The highest BCUT2D eigenvalue weighted by Gasteiger charge is 2.21. The lowest BCUT2D eigenvalue weighted by Crippen LogP contribution is -2.32. The van der Waals surface area contributed by atoms with Crippen molar-refractivity contribution in [3.8, 4) is 0 Å². The van der Waals surface area contributed by atoms with Crippen molar-refractivity contribution in [2.24, 2.45) is 5.92 Å². The van der Waals surface area contributed by atoms with Gasteiger partial charge >= 0.3 is 0 Å². The van der Waals surface area contributed by atoms with Gasteiger partial charge in [0, 0.05) is 43.6 Å². The average molecular weight is 263 g/mol. The van der Waals surface area contributed by atoms with Crippen molar-refractivity contribution in [3.05, 3.63) is 28.3 Å². The van der Waals surface area contributed by atoms with Crippen molar-refractivity contribution in [3.63, 3.8) is 0 Å². The van der Waals surface area contributed by atoms with E-state index in [1.165, 1.54) is 19.3 Å². The summed E-state index contributed by atoms with van der Waals surface area (Å²) in [5, 5.41) is 14.0. The van der Waals surface area contributed by atoms with Gasteiger partial charge in [-0.3, -0.25) is 10.1 Å². The van der Waals surface area contributed by atoms with Crippen molar-refractivity contribution < 1.29 is 4.92 Å². The Morgan fingerprint density at radius 1 is 1.42 bits per heavy atom. The number of anilines is 2. The number of hydrogen-bond acceptors (Lipinski definition) is 4. The van der Waals surface area contributed by atoms with E-state index in [1.807, 2.05) is 6.07 Å². The summed E-state index contributed by atoms with van der Waals surface area (Å²) >= 11 is 0. The van der Waals surface area contributed by atoms with Gasteiger partial charge in [-0.05, 0) is 31.7 Å². The lowest BCUT2D eigenvalue weighted by molar-refractivity contribution is -0.384. The van der Waals surface area contributed by atoms with Crippen LogP contribution >= 0.6 is 0 Å². The van der Waals surface area contributed by atoms with Crippen LogP contribution < -0.4 is 10.2 Å². The third-order valence-corrected chi connectivity index (χ3v) is 3.85. The number of nitrogens with zero attached hydrogens (tertiary/aromatic N) is 2. The number of nitro groups is 1. The second kappa shape index (κ2) is 5.91. The Morgan fingerprint density at radius 3 is 2.63 bits per heavy atom. The van der Waals surface area contributed by atoms with Crippen LogP contribution in [0.2, 0.25) is 0 Å². The molecule has 5 heteroatoms. The fraction of sp³-hybridized carbons (Fsp3) is 0.571. The normalized spacial score (nSPS) is 14.8. The molecule has 0 amide bonds. The van der Waals surface area contributed by atoms with Gasteiger partial charge in [0.1, 0.15) is 0 Å². The molecule has 0 bridgehead atoms. The fourth-order valence-corrected chi connectivity index (χ4v) is 2.43. The predicted octanol–water partition coefficient (Wildman–Crippen LogP) is 3.26. The summed E-state index contributed by atoms with van der Waals surface area (Å²) in [4.78, 5) is 12.9. The Bertz CT molecular complexity index is 458. The van der Waals surface area contributed by atoms with Crippen LogP contribution in [0.1, 0.15) is 26.2 Å². The van der Waals surface area contributed by atoms with E-state index in [0.717, 1.165) is 30.4 Å².